The third kappa shape index (κ3) is 1.91. The molecule has 0 aliphatic carbocycles. The van der Waals surface area contributed by atoms with Crippen LogP contribution in [0.3, 0.4) is 0 Å². The average Bonchev–Trinajstić information content (AvgIpc) is 2.36. The van der Waals surface area contributed by atoms with Gasteiger partial charge in [-0.25, -0.2) is 8.42 Å². The van der Waals surface area contributed by atoms with Crippen LogP contribution in [-0.4, -0.2) is 26.1 Å². The molecule has 0 saturated carbocycles. The number of hydrogen-bond acceptors (Lipinski definition) is 4. The van der Waals surface area contributed by atoms with Crippen LogP contribution < -0.4 is 9.62 Å². The highest BCUT2D eigenvalue weighted by Gasteiger charge is 2.34. The third-order valence-corrected chi connectivity index (χ3v) is 4.61. The maximum absolute atomic E-state index is 12.1. The van der Waals surface area contributed by atoms with Crippen LogP contribution >= 0.6 is 0 Å². The number of carbonyl (C=O) groups excluding carboxylic acids is 1. The fraction of sp³-hybridized carbons (Fsp3) is 0.273. The summed E-state index contributed by atoms with van der Waals surface area (Å²) in [4.78, 5) is 11.5. The zero-order chi connectivity index (χ0) is 13.3. The van der Waals surface area contributed by atoms with Crippen LogP contribution in [0.1, 0.15) is 6.92 Å². The van der Waals surface area contributed by atoms with Gasteiger partial charge in [0.1, 0.15) is 6.54 Å². The van der Waals surface area contributed by atoms with Crippen molar-refractivity contribution in [3.05, 3.63) is 24.3 Å². The molecular formula is C11H11N3O3S. The van der Waals surface area contributed by atoms with Crippen molar-refractivity contribution in [1.82, 2.24) is 0 Å². The van der Waals surface area contributed by atoms with Crippen molar-refractivity contribution >= 4 is 27.3 Å². The molecule has 0 spiro atoms. The molecular weight excluding hydrogens is 254 g/mol. The van der Waals surface area contributed by atoms with Gasteiger partial charge in [-0.1, -0.05) is 12.1 Å². The highest BCUT2D eigenvalue weighted by Crippen LogP contribution is 2.31. The first kappa shape index (κ1) is 12.4. The van der Waals surface area contributed by atoms with Crippen molar-refractivity contribution in [2.45, 2.75) is 12.2 Å². The lowest BCUT2D eigenvalue weighted by atomic mass is 10.2. The van der Waals surface area contributed by atoms with E-state index in [-0.39, 0.29) is 6.54 Å². The van der Waals surface area contributed by atoms with E-state index in [1.807, 2.05) is 0 Å². The van der Waals surface area contributed by atoms with Gasteiger partial charge < -0.3 is 5.32 Å². The highest BCUT2D eigenvalue weighted by molar-refractivity contribution is 7.93. The average molecular weight is 265 g/mol. The van der Waals surface area contributed by atoms with Gasteiger partial charge in [0.2, 0.25) is 5.91 Å². The number of carbonyl (C=O) groups is 1. The van der Waals surface area contributed by atoms with Crippen LogP contribution in [0.4, 0.5) is 11.4 Å². The minimum atomic E-state index is -3.85. The molecule has 1 aliphatic rings. The van der Waals surface area contributed by atoms with Gasteiger partial charge in [0.15, 0.2) is 5.25 Å². The Balaban J connectivity index is 2.54. The minimum absolute atomic E-state index is 0.300. The second-order valence-electron chi connectivity index (χ2n) is 3.89. The number of para-hydroxylation sites is 2. The van der Waals surface area contributed by atoms with E-state index in [1.165, 1.54) is 6.92 Å². The molecule has 0 bridgehead atoms. The zero-order valence-corrected chi connectivity index (χ0v) is 10.4. The molecule has 94 valence electrons. The Morgan fingerprint density at radius 2 is 2.11 bits per heavy atom. The van der Waals surface area contributed by atoms with Crippen LogP contribution in [0.15, 0.2) is 24.3 Å². The van der Waals surface area contributed by atoms with Gasteiger partial charge in [-0.15, -0.1) is 0 Å². The Morgan fingerprint density at radius 3 is 2.78 bits per heavy atom. The fourth-order valence-electron chi connectivity index (χ4n) is 1.69. The predicted octanol–water partition coefficient (Wildman–Crippen LogP) is 0.687. The Kier molecular flexibility index (Phi) is 2.97. The Morgan fingerprint density at radius 1 is 1.44 bits per heavy atom. The number of amides is 1. The maximum atomic E-state index is 12.1. The van der Waals surface area contributed by atoms with Crippen LogP contribution in [0.25, 0.3) is 0 Å². The topological polar surface area (TPSA) is 90.3 Å². The van der Waals surface area contributed by atoms with E-state index < -0.39 is 21.2 Å². The number of nitriles is 1. The Bertz CT molecular complexity index is 633. The largest absolute Gasteiger partial charge is 0.323 e. The van der Waals surface area contributed by atoms with E-state index in [4.69, 9.17) is 5.26 Å². The Labute approximate surface area is 105 Å². The first-order valence-corrected chi connectivity index (χ1v) is 6.77. The number of benzene rings is 1. The predicted molar refractivity (Wildman–Crippen MR) is 66.4 cm³/mol. The molecule has 1 N–H and O–H groups in total. The lowest BCUT2D eigenvalue weighted by Gasteiger charge is -2.30. The summed E-state index contributed by atoms with van der Waals surface area (Å²) in [5.41, 5.74) is 0.821. The van der Waals surface area contributed by atoms with Crippen LogP contribution in [0.2, 0.25) is 0 Å². The van der Waals surface area contributed by atoms with Gasteiger partial charge in [-0.05, 0) is 19.1 Å². The lowest BCUT2D eigenvalue weighted by Crippen LogP contribution is -2.45. The van der Waals surface area contributed by atoms with Crippen LogP contribution in [0.5, 0.6) is 0 Å². The molecule has 1 heterocycles. The number of anilines is 2. The SMILES string of the molecule is CC(C#N)S(=O)(=O)N1CC(=O)Nc2ccccc21. The smallest absolute Gasteiger partial charge is 0.251 e. The van der Waals surface area contributed by atoms with E-state index in [0.717, 1.165) is 4.31 Å². The standard InChI is InChI=1S/C11H11N3O3S/c1-8(6-12)18(16,17)14-7-11(15)13-9-4-2-3-5-10(9)14/h2-5,8H,7H2,1H3,(H,13,15). The molecule has 0 saturated heterocycles. The van der Waals surface area contributed by atoms with Crippen molar-refractivity contribution < 1.29 is 13.2 Å². The number of hydrogen-bond donors (Lipinski definition) is 1. The van der Waals surface area contributed by atoms with Crippen molar-refractivity contribution in [3.63, 3.8) is 0 Å². The lowest BCUT2D eigenvalue weighted by molar-refractivity contribution is -0.115. The van der Waals surface area contributed by atoms with Gasteiger partial charge in [0.05, 0.1) is 17.4 Å². The van der Waals surface area contributed by atoms with Crippen LogP contribution in [-0.2, 0) is 14.8 Å². The number of nitrogens with zero attached hydrogens (tertiary/aromatic N) is 2. The van der Waals surface area contributed by atoms with Crippen LogP contribution in [0, 0.1) is 11.3 Å². The first-order chi connectivity index (χ1) is 8.46. The number of sulfonamides is 1. The second-order valence-corrected chi connectivity index (χ2v) is 6.07. The van der Waals surface area contributed by atoms with Crippen molar-refractivity contribution in [3.8, 4) is 6.07 Å². The zero-order valence-electron chi connectivity index (χ0n) is 9.62. The molecule has 1 amide bonds. The summed E-state index contributed by atoms with van der Waals surface area (Å²) in [6.45, 7) is 0.996. The summed E-state index contributed by atoms with van der Waals surface area (Å²) < 4.78 is 25.3. The summed E-state index contributed by atoms with van der Waals surface area (Å²) in [7, 11) is -3.85. The van der Waals surface area contributed by atoms with E-state index in [9.17, 15) is 13.2 Å². The van der Waals surface area contributed by atoms with Gasteiger partial charge in [0, 0.05) is 0 Å². The van der Waals surface area contributed by atoms with E-state index in [0.29, 0.717) is 11.4 Å². The molecule has 1 atom stereocenters. The molecule has 2 rings (SSSR count). The minimum Gasteiger partial charge on any atom is -0.323 e. The first-order valence-electron chi connectivity index (χ1n) is 5.27. The third-order valence-electron chi connectivity index (χ3n) is 2.67. The van der Waals surface area contributed by atoms with Crippen molar-refractivity contribution in [2.24, 2.45) is 0 Å². The molecule has 18 heavy (non-hydrogen) atoms. The fourth-order valence-corrected chi connectivity index (χ4v) is 2.93. The summed E-state index contributed by atoms with van der Waals surface area (Å²) >= 11 is 0. The number of fused-ring (bicyclic) bond motifs is 1. The molecule has 1 unspecified atom stereocenters. The van der Waals surface area contributed by atoms with Gasteiger partial charge >= 0.3 is 0 Å². The van der Waals surface area contributed by atoms with Crippen molar-refractivity contribution in [1.29, 1.82) is 5.26 Å². The second kappa shape index (κ2) is 4.31. The summed E-state index contributed by atoms with van der Waals surface area (Å²) in [6.07, 6.45) is 0. The van der Waals surface area contributed by atoms with E-state index >= 15 is 0 Å². The number of nitrogens with one attached hydrogen (secondary N) is 1. The maximum Gasteiger partial charge on any atom is 0.251 e. The molecule has 7 heteroatoms. The molecule has 0 radical (unpaired) electrons. The highest BCUT2D eigenvalue weighted by atomic mass is 32.2. The molecule has 0 aromatic heterocycles. The van der Waals surface area contributed by atoms with Crippen molar-refractivity contribution in [2.75, 3.05) is 16.2 Å². The van der Waals surface area contributed by atoms with E-state index in [1.54, 1.807) is 30.3 Å². The molecule has 1 aliphatic heterocycles. The van der Waals surface area contributed by atoms with Gasteiger partial charge in [-0.2, -0.15) is 5.26 Å². The molecule has 6 nitrogen and oxygen atoms in total. The summed E-state index contributed by atoms with van der Waals surface area (Å²) in [5, 5.41) is 10.2. The molecule has 1 aromatic carbocycles. The summed E-state index contributed by atoms with van der Waals surface area (Å²) in [5.74, 6) is -0.414. The summed E-state index contributed by atoms with van der Waals surface area (Å²) in [6, 6.07) is 8.27. The van der Waals surface area contributed by atoms with Gasteiger partial charge in [0.25, 0.3) is 10.0 Å². The number of rotatable bonds is 2. The monoisotopic (exact) mass is 265 g/mol. The Hall–Kier alpha value is -2.07. The normalized spacial score (nSPS) is 16.4. The molecule has 0 fully saturated rings. The van der Waals surface area contributed by atoms with Gasteiger partial charge in [-0.3, -0.25) is 9.10 Å². The van der Waals surface area contributed by atoms with E-state index in [2.05, 4.69) is 5.32 Å². The molecule has 1 aromatic rings. The quantitative estimate of drug-likeness (QED) is 0.851.